The molecule has 0 saturated carbocycles. The van der Waals surface area contributed by atoms with Crippen molar-refractivity contribution in [2.45, 2.75) is 0 Å². The fourth-order valence-corrected chi connectivity index (χ4v) is 2.23. The van der Waals surface area contributed by atoms with E-state index in [1.165, 1.54) is 6.20 Å². The van der Waals surface area contributed by atoms with Crippen LogP contribution in [0.4, 0.5) is 5.82 Å². The number of rotatable bonds is 3. The third-order valence-electron chi connectivity index (χ3n) is 2.94. The Hall–Kier alpha value is -2.30. The van der Waals surface area contributed by atoms with E-state index in [0.717, 1.165) is 5.56 Å². The van der Waals surface area contributed by atoms with Crippen molar-refractivity contribution in [3.63, 3.8) is 0 Å². The van der Waals surface area contributed by atoms with Crippen LogP contribution in [0.2, 0.25) is 10.0 Å². The molecule has 110 valence electrons. The second-order valence-corrected chi connectivity index (χ2v) is 5.30. The molecule has 22 heavy (non-hydrogen) atoms. The van der Waals surface area contributed by atoms with Gasteiger partial charge in [0, 0.05) is 11.8 Å². The number of furan rings is 1. The van der Waals surface area contributed by atoms with Crippen LogP contribution in [0.15, 0.2) is 59.1 Å². The Morgan fingerprint density at radius 3 is 2.59 bits per heavy atom. The minimum absolute atomic E-state index is 0.173. The van der Waals surface area contributed by atoms with E-state index < -0.39 is 5.91 Å². The Morgan fingerprint density at radius 1 is 1.05 bits per heavy atom. The summed E-state index contributed by atoms with van der Waals surface area (Å²) in [6, 6.07) is 13.8. The molecule has 1 amide bonds. The van der Waals surface area contributed by atoms with Gasteiger partial charge in [-0.1, -0.05) is 35.3 Å². The van der Waals surface area contributed by atoms with Gasteiger partial charge >= 0.3 is 0 Å². The van der Waals surface area contributed by atoms with Crippen LogP contribution in [-0.4, -0.2) is 10.9 Å². The van der Waals surface area contributed by atoms with Crippen LogP contribution in [0.1, 0.15) is 10.6 Å². The molecule has 3 rings (SSSR count). The number of benzene rings is 1. The Labute approximate surface area is 136 Å². The zero-order chi connectivity index (χ0) is 15.5. The number of halogens is 2. The van der Waals surface area contributed by atoms with Crippen molar-refractivity contribution in [1.82, 2.24) is 4.98 Å². The summed E-state index contributed by atoms with van der Waals surface area (Å²) in [5.74, 6) is 0.699. The number of hydrogen-bond donors (Lipinski definition) is 1. The van der Waals surface area contributed by atoms with Crippen molar-refractivity contribution in [3.8, 4) is 11.3 Å². The number of hydrogen-bond acceptors (Lipinski definition) is 3. The first-order valence-corrected chi connectivity index (χ1v) is 7.17. The van der Waals surface area contributed by atoms with Crippen LogP contribution in [-0.2, 0) is 0 Å². The lowest BCUT2D eigenvalue weighted by molar-refractivity contribution is 0.0997. The Morgan fingerprint density at radius 2 is 1.86 bits per heavy atom. The number of nitrogens with zero attached hydrogens (tertiary/aromatic N) is 1. The van der Waals surface area contributed by atoms with Gasteiger partial charge in [-0.15, -0.1) is 0 Å². The van der Waals surface area contributed by atoms with Gasteiger partial charge in [-0.2, -0.15) is 0 Å². The summed E-state index contributed by atoms with van der Waals surface area (Å²) in [4.78, 5) is 16.1. The first-order valence-electron chi connectivity index (χ1n) is 6.41. The zero-order valence-electron chi connectivity index (χ0n) is 11.2. The molecule has 0 aliphatic heterocycles. The zero-order valence-corrected chi connectivity index (χ0v) is 12.7. The topological polar surface area (TPSA) is 55.1 Å². The number of carbonyl (C=O) groups is 1. The van der Waals surface area contributed by atoms with Gasteiger partial charge in [0.15, 0.2) is 5.76 Å². The van der Waals surface area contributed by atoms with Crippen molar-refractivity contribution >= 4 is 34.9 Å². The molecule has 0 fully saturated rings. The molecule has 1 N–H and O–H groups in total. The molecule has 2 heterocycles. The van der Waals surface area contributed by atoms with E-state index in [0.29, 0.717) is 21.6 Å². The highest BCUT2D eigenvalue weighted by molar-refractivity contribution is 6.33. The van der Waals surface area contributed by atoms with Gasteiger partial charge in [0.25, 0.3) is 5.91 Å². The van der Waals surface area contributed by atoms with Crippen molar-refractivity contribution in [3.05, 3.63) is 70.5 Å². The van der Waals surface area contributed by atoms with Gasteiger partial charge in [-0.05, 0) is 36.4 Å². The van der Waals surface area contributed by atoms with E-state index in [2.05, 4.69) is 10.3 Å². The smallest absolute Gasteiger partial charge is 0.292 e. The van der Waals surface area contributed by atoms with Crippen molar-refractivity contribution in [2.75, 3.05) is 5.32 Å². The van der Waals surface area contributed by atoms with Gasteiger partial charge in [-0.25, -0.2) is 4.98 Å². The average molecular weight is 333 g/mol. The first-order chi connectivity index (χ1) is 10.6. The third-order valence-corrected chi connectivity index (χ3v) is 3.49. The number of amides is 1. The minimum atomic E-state index is -0.395. The normalized spacial score (nSPS) is 10.5. The van der Waals surface area contributed by atoms with Gasteiger partial charge in [0.1, 0.15) is 11.6 Å². The van der Waals surface area contributed by atoms with Crippen molar-refractivity contribution in [2.24, 2.45) is 0 Å². The van der Waals surface area contributed by atoms with Crippen LogP contribution in [0.5, 0.6) is 0 Å². The summed E-state index contributed by atoms with van der Waals surface area (Å²) < 4.78 is 5.56. The van der Waals surface area contributed by atoms with Gasteiger partial charge < -0.3 is 9.73 Å². The molecular weight excluding hydrogens is 323 g/mol. The molecule has 0 unspecified atom stereocenters. The highest BCUT2D eigenvalue weighted by Crippen LogP contribution is 2.29. The predicted octanol–water partition coefficient (Wildman–Crippen LogP) is 4.90. The molecule has 0 atom stereocenters. The number of anilines is 1. The molecule has 0 bridgehead atoms. The summed E-state index contributed by atoms with van der Waals surface area (Å²) >= 11 is 11.9. The van der Waals surface area contributed by atoms with Crippen LogP contribution in [0, 0.1) is 0 Å². The largest absolute Gasteiger partial charge is 0.451 e. The number of carbonyl (C=O) groups excluding carboxylic acids is 1. The molecule has 0 spiro atoms. The van der Waals surface area contributed by atoms with Gasteiger partial charge in [0.2, 0.25) is 0 Å². The molecule has 0 radical (unpaired) electrons. The monoisotopic (exact) mass is 332 g/mol. The van der Waals surface area contributed by atoms with E-state index >= 15 is 0 Å². The molecule has 4 nitrogen and oxygen atoms in total. The Kier molecular flexibility index (Phi) is 4.13. The van der Waals surface area contributed by atoms with Gasteiger partial charge in [-0.3, -0.25) is 4.79 Å². The fraction of sp³-hybridized carbons (Fsp3) is 0. The van der Waals surface area contributed by atoms with Crippen LogP contribution < -0.4 is 5.32 Å². The van der Waals surface area contributed by atoms with E-state index in [4.69, 9.17) is 27.6 Å². The van der Waals surface area contributed by atoms with Crippen LogP contribution in [0.3, 0.4) is 0 Å². The maximum absolute atomic E-state index is 12.1. The van der Waals surface area contributed by atoms with Gasteiger partial charge in [0.05, 0.1) is 10.0 Å². The summed E-state index contributed by atoms with van der Waals surface area (Å²) in [6.07, 6.45) is 1.45. The van der Waals surface area contributed by atoms with E-state index in [1.807, 2.05) is 18.2 Å². The highest BCUT2D eigenvalue weighted by atomic mass is 35.5. The summed E-state index contributed by atoms with van der Waals surface area (Å²) in [7, 11) is 0. The molecule has 2 aromatic heterocycles. The highest BCUT2D eigenvalue weighted by Gasteiger charge is 2.14. The van der Waals surface area contributed by atoms with E-state index in [-0.39, 0.29) is 5.76 Å². The number of pyridine rings is 1. The Balaban J connectivity index is 1.80. The van der Waals surface area contributed by atoms with Crippen molar-refractivity contribution in [1.29, 1.82) is 0 Å². The second-order valence-electron chi connectivity index (χ2n) is 4.46. The standard InChI is InChI=1S/C16H10Cl2N2O2/c17-10-5-8-15(19-9-10)20-16(21)14-7-6-13(22-14)11-3-1-2-4-12(11)18/h1-9H,(H,19,20,21). The third kappa shape index (κ3) is 3.13. The lowest BCUT2D eigenvalue weighted by atomic mass is 10.2. The molecule has 6 heteroatoms. The SMILES string of the molecule is O=C(Nc1ccc(Cl)cn1)c1ccc(-c2ccccc2Cl)o1. The molecular formula is C16H10Cl2N2O2. The lowest BCUT2D eigenvalue weighted by Gasteiger charge is -2.02. The van der Waals surface area contributed by atoms with Crippen LogP contribution >= 0.6 is 23.2 Å². The lowest BCUT2D eigenvalue weighted by Crippen LogP contribution is -2.11. The molecule has 3 aromatic rings. The molecule has 1 aromatic carbocycles. The summed E-state index contributed by atoms with van der Waals surface area (Å²) in [6.45, 7) is 0. The predicted molar refractivity (Wildman–Crippen MR) is 86.4 cm³/mol. The molecule has 0 saturated heterocycles. The quantitative estimate of drug-likeness (QED) is 0.742. The first kappa shape index (κ1) is 14.6. The number of nitrogens with one attached hydrogen (secondary N) is 1. The second kappa shape index (κ2) is 6.22. The summed E-state index contributed by atoms with van der Waals surface area (Å²) in [5, 5.41) is 3.69. The fourth-order valence-electron chi connectivity index (χ4n) is 1.89. The van der Waals surface area contributed by atoms with Crippen molar-refractivity contribution < 1.29 is 9.21 Å². The number of aromatic nitrogens is 1. The Bertz CT molecular complexity index is 813. The maximum Gasteiger partial charge on any atom is 0.292 e. The van der Waals surface area contributed by atoms with E-state index in [1.54, 1.807) is 30.3 Å². The van der Waals surface area contributed by atoms with E-state index in [9.17, 15) is 4.79 Å². The molecule has 0 aliphatic rings. The summed E-state index contributed by atoms with van der Waals surface area (Å²) in [5.41, 5.74) is 0.729. The minimum Gasteiger partial charge on any atom is -0.451 e. The maximum atomic E-state index is 12.1. The average Bonchev–Trinajstić information content (AvgIpc) is 3.00. The van der Waals surface area contributed by atoms with Crippen LogP contribution in [0.25, 0.3) is 11.3 Å². The molecule has 0 aliphatic carbocycles.